The van der Waals surface area contributed by atoms with Crippen molar-refractivity contribution in [2.24, 2.45) is 11.3 Å². The lowest BCUT2D eigenvalue weighted by atomic mass is 9.78. The average Bonchev–Trinajstić information content (AvgIpc) is 2.64. The highest BCUT2D eigenvalue weighted by Crippen LogP contribution is 2.43. The largest absolute Gasteiger partial charge is 0.492 e. The van der Waals surface area contributed by atoms with E-state index in [1.807, 2.05) is 0 Å². The Morgan fingerprint density at radius 3 is 2.55 bits per heavy atom. The number of alkyl halides is 1. The van der Waals surface area contributed by atoms with E-state index in [2.05, 4.69) is 75.7 Å². The Morgan fingerprint density at radius 1 is 1.30 bits per heavy atom. The van der Waals surface area contributed by atoms with Gasteiger partial charge < -0.3 is 4.74 Å². The Hall–Kier alpha value is -0.500. The maximum atomic E-state index is 5.77. The second kappa shape index (κ2) is 5.36. The Morgan fingerprint density at radius 2 is 1.95 bits per heavy atom. The highest BCUT2D eigenvalue weighted by molar-refractivity contribution is 9.09. The minimum absolute atomic E-state index is 0.133. The van der Waals surface area contributed by atoms with Crippen molar-refractivity contribution in [3.05, 3.63) is 29.3 Å². The van der Waals surface area contributed by atoms with Crippen LogP contribution in [0.4, 0.5) is 0 Å². The summed E-state index contributed by atoms with van der Waals surface area (Å²) in [6, 6.07) is 6.67. The van der Waals surface area contributed by atoms with Gasteiger partial charge in [0.25, 0.3) is 0 Å². The van der Waals surface area contributed by atoms with Crippen LogP contribution >= 0.6 is 15.9 Å². The Labute approximate surface area is 132 Å². The van der Waals surface area contributed by atoms with Crippen LogP contribution in [-0.2, 0) is 5.41 Å². The number of benzene rings is 1. The second-order valence-electron chi connectivity index (χ2n) is 7.90. The third kappa shape index (κ3) is 3.21. The van der Waals surface area contributed by atoms with E-state index in [4.69, 9.17) is 4.74 Å². The minimum Gasteiger partial charge on any atom is -0.492 e. The molecule has 0 N–H and O–H groups in total. The van der Waals surface area contributed by atoms with Gasteiger partial charge in [-0.05, 0) is 29.4 Å². The van der Waals surface area contributed by atoms with Gasteiger partial charge in [-0.15, -0.1) is 0 Å². The summed E-state index contributed by atoms with van der Waals surface area (Å²) in [5.41, 5.74) is 3.21. The number of hydrogen-bond acceptors (Lipinski definition) is 1. The highest BCUT2D eigenvalue weighted by atomic mass is 79.9. The predicted molar refractivity (Wildman–Crippen MR) is 89.9 cm³/mol. The van der Waals surface area contributed by atoms with Crippen molar-refractivity contribution < 1.29 is 4.74 Å². The topological polar surface area (TPSA) is 9.23 Å². The molecule has 2 rings (SSSR count). The molecule has 0 saturated heterocycles. The van der Waals surface area contributed by atoms with Crippen LogP contribution in [0.25, 0.3) is 0 Å². The fourth-order valence-electron chi connectivity index (χ4n) is 2.53. The van der Waals surface area contributed by atoms with Crippen LogP contribution in [0.3, 0.4) is 0 Å². The van der Waals surface area contributed by atoms with Crippen LogP contribution in [0.5, 0.6) is 5.75 Å². The quantitative estimate of drug-likeness (QED) is 0.626. The molecule has 1 aromatic carbocycles. The average molecular weight is 339 g/mol. The van der Waals surface area contributed by atoms with Crippen molar-refractivity contribution in [3.8, 4) is 5.75 Å². The molecule has 0 amide bonds. The molecule has 0 aromatic heterocycles. The molecular formula is C18H27BrO. The van der Waals surface area contributed by atoms with Gasteiger partial charge in [0.05, 0.1) is 6.61 Å². The van der Waals surface area contributed by atoms with E-state index in [9.17, 15) is 0 Å². The molecule has 2 heteroatoms. The number of halogens is 1. The van der Waals surface area contributed by atoms with Crippen LogP contribution in [0.1, 0.15) is 63.9 Å². The summed E-state index contributed by atoms with van der Waals surface area (Å²) in [5, 5.41) is 0. The zero-order valence-electron chi connectivity index (χ0n) is 13.6. The molecule has 20 heavy (non-hydrogen) atoms. The van der Waals surface area contributed by atoms with Crippen molar-refractivity contribution in [3.63, 3.8) is 0 Å². The van der Waals surface area contributed by atoms with Crippen molar-refractivity contribution >= 4 is 15.9 Å². The van der Waals surface area contributed by atoms with E-state index in [-0.39, 0.29) is 5.41 Å². The molecule has 0 saturated carbocycles. The summed E-state index contributed by atoms with van der Waals surface area (Å²) < 4.78 is 5.77. The maximum Gasteiger partial charge on any atom is 0.123 e. The monoisotopic (exact) mass is 338 g/mol. The molecule has 0 bridgehead atoms. The second-order valence-corrected chi connectivity index (χ2v) is 9.00. The fourth-order valence-corrected chi connectivity index (χ4v) is 3.38. The Kier molecular flexibility index (Phi) is 4.26. The third-order valence-electron chi connectivity index (χ3n) is 4.72. The van der Waals surface area contributed by atoms with Crippen LogP contribution in [0.2, 0.25) is 0 Å². The normalized spacial score (nSPS) is 20.1. The summed E-state index contributed by atoms with van der Waals surface area (Å²) in [5.74, 6) is 1.73. The highest BCUT2D eigenvalue weighted by Gasteiger charge is 2.32. The zero-order chi connectivity index (χ0) is 15.1. The molecule has 112 valence electrons. The Bertz CT molecular complexity index is 485. The number of rotatable bonds is 3. The van der Waals surface area contributed by atoms with E-state index >= 15 is 0 Å². The fraction of sp³-hybridized carbons (Fsp3) is 0.667. The first-order valence-corrected chi connectivity index (χ1v) is 8.44. The molecule has 0 radical (unpaired) electrons. The zero-order valence-corrected chi connectivity index (χ0v) is 15.2. The first-order valence-electron chi connectivity index (χ1n) is 7.52. The van der Waals surface area contributed by atoms with Crippen molar-refractivity contribution in [2.45, 2.75) is 58.2 Å². The SMILES string of the molecule is CC(CC(Br)c1ccc2c(c1)C(C)(C)CO2)C(C)(C)C. The van der Waals surface area contributed by atoms with Gasteiger partial charge in [-0.2, -0.15) is 0 Å². The van der Waals surface area contributed by atoms with Gasteiger partial charge >= 0.3 is 0 Å². The molecule has 0 spiro atoms. The lowest BCUT2D eigenvalue weighted by Crippen LogP contribution is -2.19. The molecule has 1 heterocycles. The minimum atomic E-state index is 0.133. The van der Waals surface area contributed by atoms with Gasteiger partial charge in [-0.3, -0.25) is 0 Å². The van der Waals surface area contributed by atoms with Crippen LogP contribution in [0, 0.1) is 11.3 Å². The van der Waals surface area contributed by atoms with Gasteiger partial charge in [0, 0.05) is 15.8 Å². The molecule has 1 aliphatic rings. The summed E-state index contributed by atoms with van der Waals surface area (Å²) in [4.78, 5) is 0.415. The molecule has 0 fully saturated rings. The molecule has 1 aromatic rings. The van der Waals surface area contributed by atoms with Gasteiger partial charge in [-0.25, -0.2) is 0 Å². The number of ether oxygens (including phenoxy) is 1. The van der Waals surface area contributed by atoms with Gasteiger partial charge in [0.1, 0.15) is 5.75 Å². The third-order valence-corrected chi connectivity index (χ3v) is 5.62. The lowest BCUT2D eigenvalue weighted by molar-refractivity contribution is 0.246. The van der Waals surface area contributed by atoms with Gasteiger partial charge in [0.15, 0.2) is 0 Å². The first-order chi connectivity index (χ1) is 9.11. The number of hydrogen-bond donors (Lipinski definition) is 0. The standard InChI is InChI=1S/C18H27BrO/c1-12(17(2,3)4)9-15(19)13-7-8-16-14(10-13)18(5,6)11-20-16/h7-8,10,12,15H,9,11H2,1-6H3. The molecule has 0 aliphatic carbocycles. The van der Waals surface area contributed by atoms with Crippen LogP contribution in [-0.4, -0.2) is 6.61 Å². The van der Waals surface area contributed by atoms with E-state index in [0.717, 1.165) is 18.8 Å². The molecule has 1 aliphatic heterocycles. The molecule has 2 atom stereocenters. The summed E-state index contributed by atoms with van der Waals surface area (Å²) >= 11 is 3.88. The molecule has 1 nitrogen and oxygen atoms in total. The maximum absolute atomic E-state index is 5.77. The predicted octanol–water partition coefficient (Wildman–Crippen LogP) is 5.86. The summed E-state index contributed by atoms with van der Waals surface area (Å²) in [6.45, 7) is 14.6. The van der Waals surface area contributed by atoms with Crippen molar-refractivity contribution in [1.29, 1.82) is 0 Å². The van der Waals surface area contributed by atoms with E-state index < -0.39 is 0 Å². The lowest BCUT2D eigenvalue weighted by Gasteiger charge is -2.29. The van der Waals surface area contributed by atoms with Crippen molar-refractivity contribution in [1.82, 2.24) is 0 Å². The van der Waals surface area contributed by atoms with Gasteiger partial charge in [0.2, 0.25) is 0 Å². The summed E-state index contributed by atoms with van der Waals surface area (Å²) in [7, 11) is 0. The summed E-state index contributed by atoms with van der Waals surface area (Å²) in [6.07, 6.45) is 1.16. The van der Waals surface area contributed by atoms with E-state index in [1.165, 1.54) is 11.1 Å². The van der Waals surface area contributed by atoms with Gasteiger partial charge in [-0.1, -0.05) is 69.6 Å². The Balaban J connectivity index is 2.18. The molecular weight excluding hydrogens is 312 g/mol. The molecule has 2 unspecified atom stereocenters. The van der Waals surface area contributed by atoms with E-state index in [1.54, 1.807) is 0 Å². The smallest absolute Gasteiger partial charge is 0.123 e. The van der Waals surface area contributed by atoms with Crippen LogP contribution in [0.15, 0.2) is 18.2 Å². The van der Waals surface area contributed by atoms with Crippen LogP contribution < -0.4 is 4.74 Å². The van der Waals surface area contributed by atoms with Crippen molar-refractivity contribution in [2.75, 3.05) is 6.61 Å². The number of fused-ring (bicyclic) bond motifs is 1. The first kappa shape index (κ1) is 15.9. The van der Waals surface area contributed by atoms with E-state index in [0.29, 0.717) is 16.2 Å².